The van der Waals surface area contributed by atoms with Crippen LogP contribution in [0, 0.1) is 23.0 Å². The summed E-state index contributed by atoms with van der Waals surface area (Å²) < 4.78 is 31.0. The number of nitriles is 1. The quantitative estimate of drug-likeness (QED) is 0.513. The van der Waals surface area contributed by atoms with Gasteiger partial charge in [0.1, 0.15) is 29.9 Å². The predicted octanol–water partition coefficient (Wildman–Crippen LogP) is 2.84. The van der Waals surface area contributed by atoms with Crippen LogP contribution in [-0.4, -0.2) is 34.6 Å². The molecular weight excluding hydrogens is 404 g/mol. The average Bonchev–Trinajstić information content (AvgIpc) is 3.45. The Labute approximate surface area is 176 Å². The van der Waals surface area contributed by atoms with E-state index in [2.05, 4.69) is 26.2 Å². The van der Waals surface area contributed by atoms with Gasteiger partial charge in [0, 0.05) is 41.3 Å². The Balaban J connectivity index is 1.77. The van der Waals surface area contributed by atoms with Crippen molar-refractivity contribution in [3.05, 3.63) is 84.5 Å². The van der Waals surface area contributed by atoms with Crippen LogP contribution in [0.2, 0.25) is 0 Å². The Hall–Kier alpha value is -3.97. The molecule has 0 spiro atoms. The Morgan fingerprint density at radius 3 is 2.74 bits per heavy atom. The van der Waals surface area contributed by atoms with Crippen LogP contribution in [0.5, 0.6) is 0 Å². The van der Waals surface area contributed by atoms with Crippen LogP contribution in [0.4, 0.5) is 8.78 Å². The van der Waals surface area contributed by atoms with Crippen molar-refractivity contribution in [2.45, 2.75) is 25.1 Å². The zero-order valence-electron chi connectivity index (χ0n) is 16.4. The molecule has 0 aliphatic rings. The summed E-state index contributed by atoms with van der Waals surface area (Å²) >= 11 is 0. The maximum absolute atomic E-state index is 14.7. The summed E-state index contributed by atoms with van der Waals surface area (Å²) in [6.45, 7) is 1.51. The largest absolute Gasteiger partial charge is 0.381 e. The van der Waals surface area contributed by atoms with Gasteiger partial charge in [-0.1, -0.05) is 6.07 Å². The van der Waals surface area contributed by atoms with Crippen LogP contribution >= 0.6 is 0 Å². The second-order valence-corrected chi connectivity index (χ2v) is 7.06. The van der Waals surface area contributed by atoms with Crippen LogP contribution in [0.25, 0.3) is 11.1 Å². The van der Waals surface area contributed by atoms with E-state index in [1.807, 2.05) is 0 Å². The highest BCUT2D eigenvalue weighted by Crippen LogP contribution is 2.37. The normalized spacial score (nSPS) is 14.0. The van der Waals surface area contributed by atoms with E-state index >= 15 is 0 Å². The molecule has 4 rings (SSSR count). The monoisotopic (exact) mass is 421 g/mol. The molecule has 1 N–H and O–H groups in total. The number of aliphatic hydroxyl groups is 1. The second-order valence-electron chi connectivity index (χ2n) is 7.06. The van der Waals surface area contributed by atoms with Gasteiger partial charge in [0.15, 0.2) is 0 Å². The summed E-state index contributed by atoms with van der Waals surface area (Å²) in [4.78, 5) is 7.91. The molecule has 0 radical (unpaired) electrons. The number of halogens is 2. The zero-order chi connectivity index (χ0) is 22.0. The summed E-state index contributed by atoms with van der Waals surface area (Å²) in [6, 6.07) is 5.90. The van der Waals surface area contributed by atoms with E-state index < -0.39 is 23.3 Å². The van der Waals surface area contributed by atoms with Crippen LogP contribution in [-0.2, 0) is 12.1 Å². The van der Waals surface area contributed by atoms with Gasteiger partial charge < -0.3 is 5.11 Å². The number of hydrogen-bond acceptors (Lipinski definition) is 6. The molecule has 31 heavy (non-hydrogen) atoms. The smallest absolute Gasteiger partial charge is 0.137 e. The number of benzene rings is 1. The Morgan fingerprint density at radius 2 is 2.03 bits per heavy atom. The van der Waals surface area contributed by atoms with E-state index in [0.29, 0.717) is 16.7 Å². The minimum Gasteiger partial charge on any atom is -0.381 e. The van der Waals surface area contributed by atoms with Crippen LogP contribution in [0.15, 0.2) is 61.7 Å². The van der Waals surface area contributed by atoms with Gasteiger partial charge in [0.05, 0.1) is 30.4 Å². The second kappa shape index (κ2) is 8.04. The fraction of sp³-hybridized carbons (Fsp3) is 0.190. The Bertz CT molecular complexity index is 1250. The summed E-state index contributed by atoms with van der Waals surface area (Å²) in [6.07, 6.45) is 8.92. The summed E-state index contributed by atoms with van der Waals surface area (Å²) in [5.74, 6) is -1.64. The molecule has 2 atom stereocenters. The third kappa shape index (κ3) is 3.78. The number of hydrogen-bond donors (Lipinski definition) is 1. The maximum Gasteiger partial charge on any atom is 0.137 e. The van der Waals surface area contributed by atoms with Gasteiger partial charge >= 0.3 is 0 Å². The van der Waals surface area contributed by atoms with Gasteiger partial charge in [-0.2, -0.15) is 15.5 Å². The van der Waals surface area contributed by atoms with Gasteiger partial charge in [-0.25, -0.2) is 18.4 Å². The number of pyridine rings is 1. The highest BCUT2D eigenvalue weighted by atomic mass is 19.1. The fourth-order valence-corrected chi connectivity index (χ4v) is 3.47. The molecule has 0 bridgehead atoms. The molecule has 0 saturated heterocycles. The van der Waals surface area contributed by atoms with Gasteiger partial charge in [0.2, 0.25) is 0 Å². The lowest BCUT2D eigenvalue weighted by atomic mass is 9.86. The minimum absolute atomic E-state index is 0.104. The van der Waals surface area contributed by atoms with E-state index in [4.69, 9.17) is 0 Å². The van der Waals surface area contributed by atoms with Crippen molar-refractivity contribution in [3.63, 3.8) is 0 Å². The lowest BCUT2D eigenvalue weighted by Gasteiger charge is -2.34. The van der Waals surface area contributed by atoms with Crippen molar-refractivity contribution >= 4 is 0 Å². The van der Waals surface area contributed by atoms with E-state index in [-0.39, 0.29) is 12.1 Å². The van der Waals surface area contributed by atoms with Crippen molar-refractivity contribution in [1.29, 1.82) is 5.26 Å². The molecule has 3 aromatic heterocycles. The molecule has 0 fully saturated rings. The van der Waals surface area contributed by atoms with Crippen molar-refractivity contribution in [2.75, 3.05) is 0 Å². The topological polar surface area (TPSA) is 105 Å². The van der Waals surface area contributed by atoms with E-state index in [1.165, 1.54) is 40.5 Å². The van der Waals surface area contributed by atoms with E-state index in [0.717, 1.165) is 12.1 Å². The summed E-state index contributed by atoms with van der Waals surface area (Å²) in [5.41, 5.74) is -0.338. The van der Waals surface area contributed by atoms with Crippen molar-refractivity contribution in [1.82, 2.24) is 29.5 Å². The standard InChI is InChI=1S/C21H17F2N7O/c1-14(30-10-16(8-27-30)18-9-25-5-4-15(18)7-24)21(31,11-29-13-26-12-28-29)19-3-2-17(22)6-20(19)23/h2-6,8-10,12-14,31H,11H2,1H3/t14-,21-/m1/s1. The molecular formula is C21H17F2N7O. The first-order chi connectivity index (χ1) is 14.9. The lowest BCUT2D eigenvalue weighted by molar-refractivity contribution is -0.0368. The zero-order valence-corrected chi connectivity index (χ0v) is 16.4. The van der Waals surface area contributed by atoms with Gasteiger partial charge in [-0.05, 0) is 19.1 Å². The lowest BCUT2D eigenvalue weighted by Crippen LogP contribution is -2.40. The number of nitrogens with zero attached hydrogens (tertiary/aromatic N) is 7. The molecule has 156 valence electrons. The molecule has 0 saturated carbocycles. The molecule has 0 aliphatic heterocycles. The first kappa shape index (κ1) is 20.3. The van der Waals surface area contributed by atoms with Gasteiger partial charge in [0.25, 0.3) is 0 Å². The number of aromatic nitrogens is 6. The SMILES string of the molecule is C[C@@H](n1cc(-c2cnccc2C#N)cn1)[C@](O)(Cn1cncn1)c1ccc(F)cc1F. The van der Waals surface area contributed by atoms with Gasteiger partial charge in [-0.15, -0.1) is 0 Å². The van der Waals surface area contributed by atoms with Crippen LogP contribution in [0.1, 0.15) is 24.1 Å². The number of rotatable bonds is 6. The highest BCUT2D eigenvalue weighted by Gasteiger charge is 2.40. The molecule has 3 heterocycles. The molecule has 0 amide bonds. The Morgan fingerprint density at radius 1 is 1.19 bits per heavy atom. The molecule has 10 heteroatoms. The van der Waals surface area contributed by atoms with Crippen molar-refractivity contribution < 1.29 is 13.9 Å². The molecule has 0 aliphatic carbocycles. The first-order valence-electron chi connectivity index (χ1n) is 9.31. The highest BCUT2D eigenvalue weighted by molar-refractivity contribution is 5.68. The summed E-state index contributed by atoms with van der Waals surface area (Å²) in [7, 11) is 0. The van der Waals surface area contributed by atoms with E-state index in [1.54, 1.807) is 25.4 Å². The summed E-state index contributed by atoms with van der Waals surface area (Å²) in [5, 5.41) is 29.3. The van der Waals surface area contributed by atoms with Crippen LogP contribution in [0.3, 0.4) is 0 Å². The predicted molar refractivity (Wildman–Crippen MR) is 105 cm³/mol. The average molecular weight is 421 g/mol. The third-order valence-electron chi connectivity index (χ3n) is 5.21. The maximum atomic E-state index is 14.7. The van der Waals surface area contributed by atoms with Crippen molar-refractivity contribution in [3.8, 4) is 17.2 Å². The molecule has 1 aromatic carbocycles. The van der Waals surface area contributed by atoms with E-state index in [9.17, 15) is 19.1 Å². The third-order valence-corrected chi connectivity index (χ3v) is 5.21. The molecule has 4 aromatic rings. The molecule has 0 unspecified atom stereocenters. The van der Waals surface area contributed by atoms with Gasteiger partial charge in [-0.3, -0.25) is 9.67 Å². The van der Waals surface area contributed by atoms with Crippen LogP contribution < -0.4 is 0 Å². The fourth-order valence-electron chi connectivity index (χ4n) is 3.47. The molecule has 8 nitrogen and oxygen atoms in total. The van der Waals surface area contributed by atoms with Crippen molar-refractivity contribution in [2.24, 2.45) is 0 Å². The minimum atomic E-state index is -1.85. The Kier molecular flexibility index (Phi) is 5.27. The first-order valence-corrected chi connectivity index (χ1v) is 9.31.